The van der Waals surface area contributed by atoms with Crippen molar-refractivity contribution in [2.75, 3.05) is 19.8 Å². The summed E-state index contributed by atoms with van der Waals surface area (Å²) < 4.78 is 17.9. The van der Waals surface area contributed by atoms with Crippen molar-refractivity contribution in [3.8, 4) is 85.8 Å². The molecule has 4 N–H and O–H groups in total. The third-order valence-electron chi connectivity index (χ3n) is 13.7. The number of halogens is 1. The summed E-state index contributed by atoms with van der Waals surface area (Å²) in [5.41, 5.74) is 9.52. The smallest absolute Gasteiger partial charge is 0.167 e. The summed E-state index contributed by atoms with van der Waals surface area (Å²) in [7, 11) is 0. The average molecular weight is 1150 g/mol. The van der Waals surface area contributed by atoms with Crippen LogP contribution in [-0.4, -0.2) is 85.2 Å². The van der Waals surface area contributed by atoms with Gasteiger partial charge in [0, 0.05) is 22.7 Å². The van der Waals surface area contributed by atoms with Crippen LogP contribution in [0.5, 0.6) is 40.2 Å². The van der Waals surface area contributed by atoms with Crippen molar-refractivity contribution in [2.24, 2.45) is 0 Å². The number of rotatable bonds is 17. The second-order valence-electron chi connectivity index (χ2n) is 22.8. The van der Waals surface area contributed by atoms with Gasteiger partial charge < -0.3 is 34.6 Å². The topological polar surface area (TPSA) is 209 Å². The van der Waals surface area contributed by atoms with Crippen LogP contribution in [0.2, 0.25) is 5.02 Å². The van der Waals surface area contributed by atoms with Gasteiger partial charge in [-0.15, -0.1) is 30.0 Å². The molecule has 0 bridgehead atoms. The normalized spacial score (nSPS) is 11.5. The lowest BCUT2D eigenvalue weighted by Crippen LogP contribution is -2.13. The number of phenolic OH excluding ortho intramolecular Hbond substituents is 4. The van der Waals surface area contributed by atoms with Crippen molar-refractivity contribution in [2.45, 2.75) is 126 Å². The van der Waals surface area contributed by atoms with Crippen LogP contribution < -0.4 is 14.2 Å². The Morgan fingerprint density at radius 1 is 0.452 bits per heavy atom. The molecule has 10 rings (SSSR count). The number of phenols is 4. The van der Waals surface area contributed by atoms with E-state index in [0.717, 1.165) is 77.3 Å². The monoisotopic (exact) mass is 1150 g/mol. The van der Waals surface area contributed by atoms with Gasteiger partial charge in [0.1, 0.15) is 73.7 Å². The Morgan fingerprint density at radius 2 is 0.964 bits per heavy atom. The zero-order chi connectivity index (χ0) is 60.3. The third kappa shape index (κ3) is 15.3. The van der Waals surface area contributed by atoms with Crippen LogP contribution >= 0.6 is 11.6 Å². The quantitative estimate of drug-likeness (QED) is 0.0626. The fourth-order valence-electron chi connectivity index (χ4n) is 8.86. The van der Waals surface area contributed by atoms with E-state index in [9.17, 15) is 20.4 Å². The number of aromatic nitrogens is 9. The molecule has 0 radical (unpaired) electrons. The number of benzene rings is 7. The second kappa shape index (κ2) is 27.1. The molecular weight excluding hydrogens is 1080 g/mol. The van der Waals surface area contributed by atoms with Crippen molar-refractivity contribution in [1.29, 1.82) is 0 Å². The fourth-order valence-corrected chi connectivity index (χ4v) is 9.02. The molecule has 0 aliphatic rings. The number of hydrogen-bond donors (Lipinski definition) is 4. The van der Waals surface area contributed by atoms with Crippen LogP contribution in [0.4, 0.5) is 0 Å². The number of unbranched alkanes of at least 4 members (excludes halogenated alkanes) is 3. The molecule has 84 heavy (non-hydrogen) atoms. The van der Waals surface area contributed by atoms with E-state index in [-0.39, 0.29) is 45.5 Å². The Hall–Kier alpha value is -8.76. The molecule has 7 aromatic carbocycles. The van der Waals surface area contributed by atoms with Crippen molar-refractivity contribution >= 4 is 33.7 Å². The first kappa shape index (κ1) is 61.3. The number of aromatic hydroxyl groups is 4. The van der Waals surface area contributed by atoms with Crippen molar-refractivity contribution in [3.05, 3.63) is 155 Å². The Kier molecular flexibility index (Phi) is 19.8. The molecule has 0 aliphatic heterocycles. The Bertz CT molecular complexity index is 3850. The Balaban J connectivity index is 0.000000182. The van der Waals surface area contributed by atoms with E-state index in [4.69, 9.17) is 35.8 Å². The maximum Gasteiger partial charge on any atom is 0.167 e. The van der Waals surface area contributed by atoms with E-state index < -0.39 is 0 Å². The molecule has 3 heterocycles. The summed E-state index contributed by atoms with van der Waals surface area (Å²) in [6, 6.07) is 38.6. The van der Waals surface area contributed by atoms with E-state index in [0.29, 0.717) is 81.5 Å². The molecule has 0 saturated carbocycles. The Morgan fingerprint density at radius 3 is 1.51 bits per heavy atom. The van der Waals surface area contributed by atoms with Crippen LogP contribution in [-0.2, 0) is 10.8 Å². The van der Waals surface area contributed by atoms with Gasteiger partial charge in [-0.05, 0) is 146 Å². The Labute approximate surface area is 496 Å². The second-order valence-corrected chi connectivity index (χ2v) is 23.2. The van der Waals surface area contributed by atoms with E-state index in [1.165, 1.54) is 9.59 Å². The minimum atomic E-state index is -0.166. The number of aryl methyl sites for hydroxylation is 2. The first-order chi connectivity index (χ1) is 40.1. The van der Waals surface area contributed by atoms with Crippen LogP contribution in [0, 0.1) is 13.8 Å². The van der Waals surface area contributed by atoms with Crippen LogP contribution in [0.1, 0.15) is 123 Å². The average Bonchev–Trinajstić information content (AvgIpc) is 1.94. The van der Waals surface area contributed by atoms with Gasteiger partial charge in [0.15, 0.2) is 17.5 Å². The zero-order valence-corrected chi connectivity index (χ0v) is 50.7. The SMILES string of the molecule is CC(C)(C)c1ccc(-n2nc3ccccc3n2)c(O)c1.CCCCOc1ccc(-c2nc(-c3ccc(C)cc3O)nc(-c3ccc(OCCCC)cc3OCCCC)n2)c(O)c1.Cc1cc(-n2nc3ccc(Cl)cc3n2)c(O)c(C(C)(C)C)c1. The van der Waals surface area contributed by atoms with Crippen molar-refractivity contribution in [3.63, 3.8) is 0 Å². The maximum absolute atomic E-state index is 11.0. The molecule has 16 nitrogen and oxygen atoms in total. The van der Waals surface area contributed by atoms with Gasteiger partial charge >= 0.3 is 0 Å². The number of ether oxygens (including phenoxy) is 3. The molecule has 10 aromatic rings. The lowest BCUT2D eigenvalue weighted by molar-refractivity contribution is 0.295. The summed E-state index contributed by atoms with van der Waals surface area (Å²) in [6.07, 6.45) is 5.83. The van der Waals surface area contributed by atoms with Crippen molar-refractivity contribution < 1.29 is 34.6 Å². The predicted molar refractivity (Wildman–Crippen MR) is 334 cm³/mol. The highest BCUT2D eigenvalue weighted by atomic mass is 35.5. The van der Waals surface area contributed by atoms with Gasteiger partial charge in [0.05, 0.1) is 36.5 Å². The standard InChI is InChI=1S/C34H41N3O5.C17H18ClN3O.C16H17N3O/c1-5-8-17-40-24-12-15-27(30(39)21-24)33-35-32(26-14-11-23(4)20-29(26)38)36-34(37-33)28-16-13-25(41-18-9-6-2)22-31(28)42-19-10-7-3;1-10-7-12(17(2,3)4)16(22)15(8-10)21-19-13-6-5-11(18)9-14(13)20-21;1-16(2,3)11-8-9-14(15(20)10-11)19-17-12-6-4-5-7-13(12)18-19/h11-16,20-22,38-39H,5-10,17-19H2,1-4H3;5-9,22H,1-4H3;4-10,20H,1-3H3. The lowest BCUT2D eigenvalue weighted by atomic mass is 9.85. The fraction of sp³-hybridized carbons (Fsp3) is 0.328. The number of nitrogens with zero attached hydrogens (tertiary/aromatic N) is 9. The molecule has 0 saturated heterocycles. The molecule has 0 fully saturated rings. The minimum Gasteiger partial charge on any atom is -0.507 e. The summed E-state index contributed by atoms with van der Waals surface area (Å²) >= 11 is 5.99. The summed E-state index contributed by atoms with van der Waals surface area (Å²) in [6.45, 7) is 24.5. The lowest BCUT2D eigenvalue weighted by Gasteiger charge is -2.22. The van der Waals surface area contributed by atoms with E-state index in [1.807, 2.05) is 92.7 Å². The molecule has 0 aliphatic carbocycles. The van der Waals surface area contributed by atoms with Gasteiger partial charge in [0.2, 0.25) is 0 Å². The predicted octanol–water partition coefficient (Wildman–Crippen LogP) is 15.9. The van der Waals surface area contributed by atoms with Gasteiger partial charge in [-0.3, -0.25) is 0 Å². The van der Waals surface area contributed by atoms with Gasteiger partial charge in [0.25, 0.3) is 0 Å². The molecule has 17 heteroatoms. The highest BCUT2D eigenvalue weighted by Crippen LogP contribution is 2.39. The molecule has 3 aromatic heterocycles. The minimum absolute atomic E-state index is 0.00172. The molecule has 0 atom stereocenters. The zero-order valence-electron chi connectivity index (χ0n) is 49.9. The molecular formula is C67H76ClN9O7. The van der Waals surface area contributed by atoms with Crippen molar-refractivity contribution in [1.82, 2.24) is 44.9 Å². The third-order valence-corrected chi connectivity index (χ3v) is 13.9. The first-order valence-electron chi connectivity index (χ1n) is 28.6. The molecule has 0 spiro atoms. The van der Waals surface area contributed by atoms with E-state index in [1.54, 1.807) is 48.5 Å². The van der Waals surface area contributed by atoms with E-state index >= 15 is 0 Å². The van der Waals surface area contributed by atoms with Crippen LogP contribution in [0.25, 0.3) is 67.6 Å². The number of fused-ring (bicyclic) bond motifs is 2. The van der Waals surface area contributed by atoms with Gasteiger partial charge in [-0.1, -0.05) is 124 Å². The van der Waals surface area contributed by atoms with Gasteiger partial charge in [-0.2, -0.15) is 0 Å². The summed E-state index contributed by atoms with van der Waals surface area (Å²) in [4.78, 5) is 17.2. The largest absolute Gasteiger partial charge is 0.507 e. The van der Waals surface area contributed by atoms with E-state index in [2.05, 4.69) is 87.7 Å². The first-order valence-corrected chi connectivity index (χ1v) is 29.0. The highest BCUT2D eigenvalue weighted by Gasteiger charge is 2.24. The highest BCUT2D eigenvalue weighted by molar-refractivity contribution is 6.31. The molecule has 0 unspecified atom stereocenters. The molecule has 0 amide bonds. The maximum atomic E-state index is 11.0. The summed E-state index contributed by atoms with van der Waals surface area (Å²) in [5, 5.41) is 60.9. The molecule has 438 valence electrons. The van der Waals surface area contributed by atoms with Crippen LogP contribution in [0.15, 0.2) is 127 Å². The van der Waals surface area contributed by atoms with Crippen LogP contribution in [0.3, 0.4) is 0 Å². The number of hydrogen-bond acceptors (Lipinski definition) is 14. The van der Waals surface area contributed by atoms with Gasteiger partial charge in [-0.25, -0.2) is 15.0 Å². The summed E-state index contributed by atoms with van der Waals surface area (Å²) in [5.74, 6) is 3.21.